The molecule has 0 spiro atoms. The van der Waals surface area contributed by atoms with Crippen LogP contribution in [0.4, 0.5) is 0 Å². The van der Waals surface area contributed by atoms with Crippen molar-refractivity contribution >= 4 is 17.4 Å². The maximum absolute atomic E-state index is 12.4. The average Bonchev–Trinajstić information content (AvgIpc) is 2.64. The van der Waals surface area contributed by atoms with Crippen LogP contribution in [-0.2, 0) is 11.5 Å². The maximum Gasteiger partial charge on any atom is 0.173 e. The number of allylic oxidation sites excluding steroid dienone is 6. The molecule has 1 radical (unpaired) electrons. The summed E-state index contributed by atoms with van der Waals surface area (Å²) in [4.78, 5) is 12.4. The first kappa shape index (κ1) is 16.3. The van der Waals surface area contributed by atoms with Gasteiger partial charge in [-0.25, -0.2) is 0 Å². The minimum absolute atomic E-state index is 0.0235. The average molecular weight is 336 g/mol. The molecule has 0 atom stereocenters. The Morgan fingerprint density at radius 3 is 2.17 bits per heavy atom. The van der Waals surface area contributed by atoms with Crippen LogP contribution in [0.1, 0.15) is 15.9 Å². The van der Waals surface area contributed by atoms with Crippen molar-refractivity contribution in [2.45, 2.75) is 6.42 Å². The van der Waals surface area contributed by atoms with Crippen LogP contribution in [0.2, 0.25) is 5.02 Å². The minimum Gasteiger partial charge on any atom is -0.294 e. The van der Waals surface area contributed by atoms with E-state index < -0.39 is 0 Å². The monoisotopic (exact) mass is 335 g/mol. The second-order valence-corrected chi connectivity index (χ2v) is 6.09. The van der Waals surface area contributed by atoms with Gasteiger partial charge in [-0.1, -0.05) is 78.4 Å². The van der Waals surface area contributed by atoms with Crippen LogP contribution in [-0.4, -0.2) is 5.78 Å². The number of carbonyl (C=O) groups is 1. The van der Waals surface area contributed by atoms with E-state index in [0.29, 0.717) is 22.6 Å². The number of benzene rings is 2. The van der Waals surface area contributed by atoms with E-state index in [0.717, 1.165) is 5.56 Å². The topological polar surface area (TPSA) is 37.0 Å². The van der Waals surface area contributed by atoms with Crippen LogP contribution >= 0.6 is 11.6 Å². The Morgan fingerprint density at radius 2 is 1.54 bits per heavy atom. The Morgan fingerprint density at radius 1 is 0.917 bits per heavy atom. The van der Waals surface area contributed by atoms with Crippen molar-refractivity contribution in [2.24, 2.45) is 5.92 Å². The van der Waals surface area contributed by atoms with Crippen LogP contribution in [0.15, 0.2) is 90.2 Å². The van der Waals surface area contributed by atoms with E-state index in [1.54, 1.807) is 48.6 Å². The first-order chi connectivity index (χ1) is 11.6. The predicted octanol–water partition coefficient (Wildman–Crippen LogP) is 5.19. The highest BCUT2D eigenvalue weighted by molar-refractivity contribution is 6.30. The number of Topliss-reactive ketones (excluding diaryl/α,β-unsaturated/α-hetero) is 1. The van der Waals surface area contributed by atoms with Gasteiger partial charge in [-0.05, 0) is 17.7 Å². The summed E-state index contributed by atoms with van der Waals surface area (Å²) in [5, 5.41) is 13.0. The second kappa shape index (κ2) is 7.33. The first-order valence-electron chi connectivity index (χ1n) is 7.74. The maximum atomic E-state index is 12.4. The molecule has 0 aromatic heterocycles. The molecule has 24 heavy (non-hydrogen) atoms. The lowest BCUT2D eigenvalue weighted by molar-refractivity contribution is 0.0964. The van der Waals surface area contributed by atoms with E-state index in [1.165, 1.54) is 0 Å². The van der Waals surface area contributed by atoms with Gasteiger partial charge in [0.2, 0.25) is 0 Å². The van der Waals surface area contributed by atoms with Gasteiger partial charge in [0.25, 0.3) is 0 Å². The molecule has 0 fully saturated rings. The van der Waals surface area contributed by atoms with Crippen molar-refractivity contribution in [3.8, 4) is 0 Å². The van der Waals surface area contributed by atoms with Crippen molar-refractivity contribution in [3.63, 3.8) is 0 Å². The zero-order valence-electron chi connectivity index (χ0n) is 13.0. The lowest BCUT2D eigenvalue weighted by Crippen LogP contribution is -2.12. The third-order valence-corrected chi connectivity index (χ3v) is 4.18. The van der Waals surface area contributed by atoms with Crippen LogP contribution < -0.4 is 0 Å². The van der Waals surface area contributed by atoms with Gasteiger partial charge >= 0.3 is 0 Å². The van der Waals surface area contributed by atoms with Crippen molar-refractivity contribution in [2.75, 3.05) is 0 Å². The zero-order chi connectivity index (χ0) is 16.9. The van der Waals surface area contributed by atoms with Gasteiger partial charge in [0, 0.05) is 22.6 Å². The van der Waals surface area contributed by atoms with Gasteiger partial charge in [-0.3, -0.25) is 9.90 Å². The number of hydrogen-bond donors (Lipinski definition) is 0. The van der Waals surface area contributed by atoms with Gasteiger partial charge < -0.3 is 0 Å². The summed E-state index contributed by atoms with van der Waals surface area (Å²) >= 11 is 5.85. The van der Waals surface area contributed by atoms with Gasteiger partial charge in [-0.2, -0.15) is 0 Å². The van der Waals surface area contributed by atoms with Gasteiger partial charge in [0.05, 0.1) is 5.92 Å². The van der Waals surface area contributed by atoms with E-state index in [4.69, 9.17) is 11.6 Å². The summed E-state index contributed by atoms with van der Waals surface area (Å²) in [6, 6.07) is 16.4. The number of halogens is 1. The van der Waals surface area contributed by atoms with Crippen molar-refractivity contribution < 1.29 is 9.90 Å². The van der Waals surface area contributed by atoms with Gasteiger partial charge in [-0.15, -0.1) is 0 Å². The minimum atomic E-state index is -0.320. The summed E-state index contributed by atoms with van der Waals surface area (Å²) in [6.07, 6.45) is 7.36. The molecular formula is C21H16ClO2. The summed E-state index contributed by atoms with van der Waals surface area (Å²) in [7, 11) is 0. The van der Waals surface area contributed by atoms with Gasteiger partial charge in [0.15, 0.2) is 11.5 Å². The van der Waals surface area contributed by atoms with Gasteiger partial charge in [0.1, 0.15) is 0 Å². The molecule has 0 bridgehead atoms. The summed E-state index contributed by atoms with van der Waals surface area (Å²) in [5.41, 5.74) is 2.20. The molecule has 1 aliphatic rings. The van der Waals surface area contributed by atoms with Crippen LogP contribution in [0.3, 0.4) is 0 Å². The first-order valence-corrected chi connectivity index (χ1v) is 8.11. The molecule has 0 heterocycles. The molecular weight excluding hydrogens is 320 g/mol. The Balaban J connectivity index is 1.71. The SMILES string of the molecule is [O]C(Cc1ccc(Cl)cc1)=C1C=CC(C(=O)c2ccccc2)C=C1. The smallest absolute Gasteiger partial charge is 0.173 e. The number of carbonyl (C=O) groups excluding carboxylic acids is 1. The highest BCUT2D eigenvalue weighted by Crippen LogP contribution is 2.22. The lowest BCUT2D eigenvalue weighted by atomic mass is 9.91. The fraction of sp³-hybridized carbons (Fsp3) is 0.0952. The third kappa shape index (κ3) is 3.84. The predicted molar refractivity (Wildman–Crippen MR) is 95.4 cm³/mol. The molecule has 3 heteroatoms. The fourth-order valence-electron chi connectivity index (χ4n) is 2.58. The van der Waals surface area contributed by atoms with E-state index in [2.05, 4.69) is 0 Å². The molecule has 3 rings (SSSR count). The summed E-state index contributed by atoms with van der Waals surface area (Å²) < 4.78 is 0. The molecule has 0 amide bonds. The van der Waals surface area contributed by atoms with E-state index >= 15 is 0 Å². The van der Waals surface area contributed by atoms with Crippen molar-refractivity contribution in [3.05, 3.63) is 106 Å². The second-order valence-electron chi connectivity index (χ2n) is 5.66. The Bertz CT molecular complexity index is 799. The number of rotatable bonds is 4. The zero-order valence-corrected chi connectivity index (χ0v) is 13.7. The molecule has 2 nitrogen and oxygen atoms in total. The van der Waals surface area contributed by atoms with Crippen LogP contribution in [0.5, 0.6) is 0 Å². The van der Waals surface area contributed by atoms with Crippen LogP contribution in [0.25, 0.3) is 0 Å². The summed E-state index contributed by atoms with van der Waals surface area (Å²) in [6.45, 7) is 0. The lowest BCUT2D eigenvalue weighted by Gasteiger charge is -2.12. The number of ketones is 1. The Kier molecular flexibility index (Phi) is 4.97. The van der Waals surface area contributed by atoms with E-state index in [-0.39, 0.29) is 17.5 Å². The fourth-order valence-corrected chi connectivity index (χ4v) is 2.71. The Hall–Kier alpha value is -2.58. The molecule has 0 saturated carbocycles. The highest BCUT2D eigenvalue weighted by atomic mass is 35.5. The van der Waals surface area contributed by atoms with Crippen molar-refractivity contribution in [1.29, 1.82) is 0 Å². The van der Waals surface area contributed by atoms with E-state index in [9.17, 15) is 9.90 Å². The highest BCUT2D eigenvalue weighted by Gasteiger charge is 2.17. The molecule has 1 aliphatic carbocycles. The van der Waals surface area contributed by atoms with E-state index in [1.807, 2.05) is 30.3 Å². The molecule has 0 N–H and O–H groups in total. The third-order valence-electron chi connectivity index (χ3n) is 3.93. The van der Waals surface area contributed by atoms with Crippen molar-refractivity contribution in [1.82, 2.24) is 0 Å². The number of hydrogen-bond acceptors (Lipinski definition) is 1. The molecule has 0 unspecified atom stereocenters. The molecule has 0 saturated heterocycles. The Labute approximate surface area is 146 Å². The molecule has 2 aromatic rings. The normalized spacial score (nSPS) is 16.2. The summed E-state index contributed by atoms with van der Waals surface area (Å²) in [5.74, 6) is -0.262. The molecule has 0 aliphatic heterocycles. The van der Waals surface area contributed by atoms with Crippen LogP contribution in [0, 0.1) is 5.92 Å². The molecule has 2 aromatic carbocycles. The standard InChI is InChI=1S/C21H16ClO2/c22-19-12-6-15(7-13-19)14-20(23)16-8-10-18(11-9-16)21(24)17-4-2-1-3-5-17/h1-13,18H,14H2. The quantitative estimate of drug-likeness (QED) is 0.559. The molecule has 119 valence electrons. The largest absolute Gasteiger partial charge is 0.294 e.